The number of carbonyl (C=O) groups excluding carboxylic acids is 1. The van der Waals surface area contributed by atoms with E-state index in [1.807, 2.05) is 20.8 Å². The number of nitrogens with two attached hydrogens (primary N) is 1. The second kappa shape index (κ2) is 6.31. The Morgan fingerprint density at radius 2 is 2.08 bits per heavy atom. The molecule has 1 unspecified atom stereocenters. The van der Waals surface area contributed by atoms with Crippen molar-refractivity contribution in [3.63, 3.8) is 0 Å². The zero-order valence-corrected chi connectivity index (χ0v) is 8.78. The van der Waals surface area contributed by atoms with Crippen molar-refractivity contribution in [2.45, 2.75) is 32.9 Å². The summed E-state index contributed by atoms with van der Waals surface area (Å²) in [6.45, 7) is 5.84. The molecule has 0 rings (SSSR count). The lowest BCUT2D eigenvalue weighted by atomic mass is 10.4. The molecule has 0 aromatic carbocycles. The van der Waals surface area contributed by atoms with Gasteiger partial charge < -0.3 is 11.1 Å². The topological polar surface area (TPSA) is 55.1 Å². The highest BCUT2D eigenvalue weighted by Crippen LogP contribution is 2.00. The van der Waals surface area contributed by atoms with E-state index in [1.165, 1.54) is 0 Å². The van der Waals surface area contributed by atoms with E-state index in [-0.39, 0.29) is 18.0 Å². The summed E-state index contributed by atoms with van der Waals surface area (Å²) in [6, 6.07) is 0.398. The smallest absolute Gasteiger partial charge is 0.230 e. The first kappa shape index (κ1) is 11.8. The lowest BCUT2D eigenvalue weighted by Crippen LogP contribution is -2.32. The van der Waals surface area contributed by atoms with Gasteiger partial charge in [-0.05, 0) is 20.8 Å². The molecule has 0 bridgehead atoms. The molecule has 3 N–H and O–H groups in total. The molecule has 0 aliphatic heterocycles. The fraction of sp³-hybridized carbons (Fsp3) is 0.875. The van der Waals surface area contributed by atoms with Crippen LogP contribution in [0.3, 0.4) is 0 Å². The number of hydrogen-bond acceptors (Lipinski definition) is 3. The number of amides is 1. The molecule has 0 radical (unpaired) electrons. The summed E-state index contributed by atoms with van der Waals surface area (Å²) in [5, 5.41) is 2.82. The van der Waals surface area contributed by atoms with Crippen molar-refractivity contribution in [1.29, 1.82) is 0 Å². The highest BCUT2D eigenvalue weighted by molar-refractivity contribution is 7.99. The standard InChI is InChI=1S/C8H18N2OS/c1-6(2)10-8(11)5-12-4-7(3)9/h6-7H,4-5,9H2,1-3H3,(H,10,11). The first-order chi connectivity index (χ1) is 5.52. The Bertz CT molecular complexity index is 137. The van der Waals surface area contributed by atoms with Crippen LogP contribution in [0.15, 0.2) is 0 Å². The third-order valence-corrected chi connectivity index (χ3v) is 2.29. The van der Waals surface area contributed by atoms with Crippen molar-refractivity contribution < 1.29 is 4.79 Å². The molecule has 0 aromatic heterocycles. The van der Waals surface area contributed by atoms with Gasteiger partial charge in [0, 0.05) is 17.8 Å². The van der Waals surface area contributed by atoms with Crippen LogP contribution in [0.2, 0.25) is 0 Å². The monoisotopic (exact) mass is 190 g/mol. The van der Waals surface area contributed by atoms with E-state index < -0.39 is 0 Å². The predicted molar refractivity (Wildman–Crippen MR) is 54.3 cm³/mol. The number of nitrogens with one attached hydrogen (secondary N) is 1. The molecule has 0 heterocycles. The van der Waals surface area contributed by atoms with Gasteiger partial charge in [0.2, 0.25) is 5.91 Å². The minimum Gasteiger partial charge on any atom is -0.353 e. The van der Waals surface area contributed by atoms with Gasteiger partial charge >= 0.3 is 0 Å². The van der Waals surface area contributed by atoms with Crippen molar-refractivity contribution in [2.75, 3.05) is 11.5 Å². The normalized spacial score (nSPS) is 13.1. The fourth-order valence-electron chi connectivity index (χ4n) is 0.701. The summed E-state index contributed by atoms with van der Waals surface area (Å²) < 4.78 is 0. The molecule has 0 aromatic rings. The predicted octanol–water partition coefficient (Wildman–Crippen LogP) is 0.591. The molecule has 12 heavy (non-hydrogen) atoms. The minimum atomic E-state index is 0.0932. The van der Waals surface area contributed by atoms with Gasteiger partial charge in [0.05, 0.1) is 5.75 Å². The third-order valence-electron chi connectivity index (χ3n) is 1.06. The van der Waals surface area contributed by atoms with Crippen molar-refractivity contribution in [3.8, 4) is 0 Å². The molecule has 1 atom stereocenters. The fourth-order valence-corrected chi connectivity index (χ4v) is 1.46. The van der Waals surface area contributed by atoms with E-state index in [0.29, 0.717) is 5.75 Å². The van der Waals surface area contributed by atoms with Crippen LogP contribution in [0.25, 0.3) is 0 Å². The zero-order valence-electron chi connectivity index (χ0n) is 7.96. The van der Waals surface area contributed by atoms with Gasteiger partial charge in [0.15, 0.2) is 0 Å². The Hall–Kier alpha value is -0.220. The summed E-state index contributed by atoms with van der Waals surface area (Å²) in [4.78, 5) is 11.1. The van der Waals surface area contributed by atoms with Crippen LogP contribution in [0.5, 0.6) is 0 Å². The second-order valence-corrected chi connectivity index (χ2v) is 4.24. The number of hydrogen-bond donors (Lipinski definition) is 2. The molecule has 72 valence electrons. The minimum absolute atomic E-state index is 0.0932. The number of carbonyl (C=O) groups is 1. The van der Waals surface area contributed by atoms with E-state index >= 15 is 0 Å². The summed E-state index contributed by atoms with van der Waals surface area (Å²) in [5.74, 6) is 1.45. The molecular weight excluding hydrogens is 172 g/mol. The quantitative estimate of drug-likeness (QED) is 0.667. The van der Waals surface area contributed by atoms with Crippen LogP contribution in [0.4, 0.5) is 0 Å². The Labute approximate surface area is 78.5 Å². The van der Waals surface area contributed by atoms with Crippen LogP contribution in [0.1, 0.15) is 20.8 Å². The SMILES string of the molecule is CC(N)CSCC(=O)NC(C)C. The van der Waals surface area contributed by atoms with Gasteiger partial charge in [-0.2, -0.15) is 11.8 Å². The van der Waals surface area contributed by atoms with E-state index in [0.717, 1.165) is 5.75 Å². The highest BCUT2D eigenvalue weighted by atomic mass is 32.2. The average Bonchev–Trinajstić information content (AvgIpc) is 1.84. The van der Waals surface area contributed by atoms with Crippen molar-refractivity contribution in [1.82, 2.24) is 5.32 Å². The Morgan fingerprint density at radius 1 is 1.50 bits per heavy atom. The molecule has 0 fully saturated rings. The zero-order chi connectivity index (χ0) is 9.56. The van der Waals surface area contributed by atoms with Crippen LogP contribution in [0, 0.1) is 0 Å². The lowest BCUT2D eigenvalue weighted by molar-refractivity contribution is -0.119. The molecule has 4 heteroatoms. The third kappa shape index (κ3) is 7.88. The summed E-state index contributed by atoms with van der Waals surface area (Å²) in [6.07, 6.45) is 0. The van der Waals surface area contributed by atoms with E-state index in [9.17, 15) is 4.79 Å². The largest absolute Gasteiger partial charge is 0.353 e. The molecular formula is C8H18N2OS. The Morgan fingerprint density at radius 3 is 2.50 bits per heavy atom. The molecule has 0 spiro atoms. The average molecular weight is 190 g/mol. The van der Waals surface area contributed by atoms with Crippen molar-refractivity contribution in [2.24, 2.45) is 5.73 Å². The first-order valence-electron chi connectivity index (χ1n) is 4.15. The van der Waals surface area contributed by atoms with E-state index in [2.05, 4.69) is 5.32 Å². The van der Waals surface area contributed by atoms with Crippen LogP contribution < -0.4 is 11.1 Å². The van der Waals surface area contributed by atoms with Gasteiger partial charge in [-0.1, -0.05) is 0 Å². The molecule has 3 nitrogen and oxygen atoms in total. The van der Waals surface area contributed by atoms with Gasteiger partial charge in [-0.25, -0.2) is 0 Å². The second-order valence-electron chi connectivity index (χ2n) is 3.21. The van der Waals surface area contributed by atoms with Gasteiger partial charge in [-0.15, -0.1) is 0 Å². The van der Waals surface area contributed by atoms with Crippen LogP contribution in [-0.4, -0.2) is 29.5 Å². The molecule has 0 saturated carbocycles. The molecule has 0 aliphatic rings. The summed E-state index contributed by atoms with van der Waals surface area (Å²) >= 11 is 1.57. The molecule has 0 aliphatic carbocycles. The van der Waals surface area contributed by atoms with Crippen LogP contribution >= 0.6 is 11.8 Å². The van der Waals surface area contributed by atoms with E-state index in [1.54, 1.807) is 11.8 Å². The van der Waals surface area contributed by atoms with Crippen molar-refractivity contribution >= 4 is 17.7 Å². The lowest BCUT2D eigenvalue weighted by Gasteiger charge is -2.08. The maximum atomic E-state index is 11.1. The summed E-state index contributed by atoms with van der Waals surface area (Å²) in [7, 11) is 0. The van der Waals surface area contributed by atoms with Gasteiger partial charge in [0.1, 0.15) is 0 Å². The summed E-state index contributed by atoms with van der Waals surface area (Å²) in [5.41, 5.74) is 5.53. The Kier molecular flexibility index (Phi) is 6.20. The number of thioether (sulfide) groups is 1. The van der Waals surface area contributed by atoms with Crippen LogP contribution in [-0.2, 0) is 4.79 Å². The van der Waals surface area contributed by atoms with E-state index in [4.69, 9.17) is 5.73 Å². The molecule has 1 amide bonds. The maximum Gasteiger partial charge on any atom is 0.230 e. The first-order valence-corrected chi connectivity index (χ1v) is 5.30. The molecule has 0 saturated heterocycles. The highest BCUT2D eigenvalue weighted by Gasteiger charge is 2.03. The number of rotatable bonds is 5. The Balaban J connectivity index is 3.32. The van der Waals surface area contributed by atoms with Gasteiger partial charge in [-0.3, -0.25) is 4.79 Å². The van der Waals surface area contributed by atoms with Gasteiger partial charge in [0.25, 0.3) is 0 Å². The maximum absolute atomic E-state index is 11.1. The van der Waals surface area contributed by atoms with Crippen molar-refractivity contribution in [3.05, 3.63) is 0 Å².